The van der Waals surface area contributed by atoms with Crippen molar-refractivity contribution in [1.82, 2.24) is 4.98 Å². The smallest absolute Gasteiger partial charge is 0.340 e. The van der Waals surface area contributed by atoms with Gasteiger partial charge >= 0.3 is 5.51 Å². The molecule has 3 aromatic rings. The molecule has 2 N–H and O–H groups in total. The topological polar surface area (TPSA) is 88.2 Å². The van der Waals surface area contributed by atoms with Crippen molar-refractivity contribution in [2.24, 2.45) is 0 Å². The molecule has 156 valence electrons. The maximum atomic E-state index is 12.7. The van der Waals surface area contributed by atoms with Gasteiger partial charge in [-0.3, -0.25) is 4.79 Å². The van der Waals surface area contributed by atoms with Gasteiger partial charge in [0.2, 0.25) is 5.91 Å². The normalized spacial score (nSPS) is 11.7. The molecule has 1 amide bonds. The minimum atomic E-state index is -5.44. The molecule has 0 saturated heterocycles. The summed E-state index contributed by atoms with van der Waals surface area (Å²) in [7, 11) is -5.44. The van der Waals surface area contributed by atoms with E-state index in [4.69, 9.17) is 0 Å². The standard InChI is InChI=1S/C20H16F3N3O3S/c1-13(27)25-16-5-2-4-14(10-16)15-8-9-19(24-12-15)26-17-6-3-7-18(11-17)30(28,29)20(21,22)23/h2-12H,1H3,(H,24,26)(H,25,27). The molecule has 10 heteroatoms. The Morgan fingerprint density at radius 2 is 1.63 bits per heavy atom. The lowest BCUT2D eigenvalue weighted by Gasteiger charge is -2.11. The molecule has 0 radical (unpaired) electrons. The molecule has 1 heterocycles. The van der Waals surface area contributed by atoms with Crippen molar-refractivity contribution in [2.45, 2.75) is 17.3 Å². The van der Waals surface area contributed by atoms with E-state index in [0.29, 0.717) is 11.5 Å². The van der Waals surface area contributed by atoms with Crippen LogP contribution in [0.4, 0.5) is 30.4 Å². The van der Waals surface area contributed by atoms with Crippen LogP contribution in [0, 0.1) is 0 Å². The number of nitrogens with one attached hydrogen (secondary N) is 2. The maximum Gasteiger partial charge on any atom is 0.501 e. The van der Waals surface area contributed by atoms with Crippen molar-refractivity contribution >= 4 is 32.9 Å². The molecule has 0 atom stereocenters. The summed E-state index contributed by atoms with van der Waals surface area (Å²) >= 11 is 0. The fourth-order valence-corrected chi connectivity index (χ4v) is 3.45. The molecule has 0 aliphatic heterocycles. The van der Waals surface area contributed by atoms with Gasteiger partial charge in [-0.05, 0) is 48.0 Å². The van der Waals surface area contributed by atoms with Crippen LogP contribution in [0.3, 0.4) is 0 Å². The number of pyridine rings is 1. The van der Waals surface area contributed by atoms with E-state index in [0.717, 1.165) is 23.3 Å². The quantitative estimate of drug-likeness (QED) is 0.604. The second-order valence-electron chi connectivity index (χ2n) is 6.30. The van der Waals surface area contributed by atoms with Gasteiger partial charge in [0.15, 0.2) is 0 Å². The summed E-state index contributed by atoms with van der Waals surface area (Å²) in [5, 5.41) is 5.47. The van der Waals surface area contributed by atoms with Gasteiger partial charge in [0, 0.05) is 30.1 Å². The number of sulfone groups is 1. The molecule has 0 spiro atoms. The highest BCUT2D eigenvalue weighted by atomic mass is 32.2. The van der Waals surface area contributed by atoms with Crippen molar-refractivity contribution in [2.75, 3.05) is 10.6 Å². The fourth-order valence-electron chi connectivity index (χ4n) is 2.64. The number of amides is 1. The lowest BCUT2D eigenvalue weighted by Crippen LogP contribution is -2.23. The van der Waals surface area contributed by atoms with E-state index in [1.807, 2.05) is 6.07 Å². The van der Waals surface area contributed by atoms with Gasteiger partial charge in [0.05, 0.1) is 4.90 Å². The number of rotatable bonds is 5. The Morgan fingerprint density at radius 1 is 0.933 bits per heavy atom. The van der Waals surface area contributed by atoms with Gasteiger partial charge in [0.25, 0.3) is 9.84 Å². The Morgan fingerprint density at radius 3 is 2.27 bits per heavy atom. The molecule has 0 unspecified atom stereocenters. The first kappa shape index (κ1) is 21.3. The van der Waals surface area contributed by atoms with E-state index in [-0.39, 0.29) is 11.6 Å². The number of hydrogen-bond donors (Lipinski definition) is 2. The van der Waals surface area contributed by atoms with Crippen LogP contribution in [0.1, 0.15) is 6.92 Å². The Hall–Kier alpha value is -3.40. The van der Waals surface area contributed by atoms with Gasteiger partial charge in [0.1, 0.15) is 5.82 Å². The number of benzene rings is 2. The van der Waals surface area contributed by atoms with Crippen LogP contribution in [0.15, 0.2) is 71.8 Å². The van der Waals surface area contributed by atoms with Crippen molar-refractivity contribution < 1.29 is 26.4 Å². The maximum absolute atomic E-state index is 12.7. The SMILES string of the molecule is CC(=O)Nc1cccc(-c2ccc(Nc3cccc(S(=O)(=O)C(F)(F)F)c3)nc2)c1. The van der Waals surface area contributed by atoms with Crippen LogP contribution < -0.4 is 10.6 Å². The first-order valence-corrected chi connectivity index (χ1v) is 10.1. The Kier molecular flexibility index (Phi) is 5.79. The predicted octanol–water partition coefficient (Wildman–Crippen LogP) is 4.74. The minimum absolute atomic E-state index is 0.147. The number of carbonyl (C=O) groups is 1. The third kappa shape index (κ3) is 4.77. The van der Waals surface area contributed by atoms with Crippen molar-refractivity contribution in [3.8, 4) is 11.1 Å². The number of aromatic nitrogens is 1. The number of nitrogens with zero attached hydrogens (tertiary/aromatic N) is 1. The Balaban J connectivity index is 1.80. The molecule has 0 fully saturated rings. The average Bonchev–Trinajstić information content (AvgIpc) is 2.67. The molecule has 1 aromatic heterocycles. The summed E-state index contributed by atoms with van der Waals surface area (Å²) in [5.41, 5.74) is -3.05. The van der Waals surface area contributed by atoms with Crippen LogP contribution in [-0.2, 0) is 14.6 Å². The van der Waals surface area contributed by atoms with Gasteiger partial charge in [-0.1, -0.05) is 18.2 Å². The summed E-state index contributed by atoms with van der Waals surface area (Å²) in [5.74, 6) is 0.123. The van der Waals surface area contributed by atoms with Gasteiger partial charge in [-0.2, -0.15) is 13.2 Å². The Labute approximate surface area is 170 Å². The first-order valence-electron chi connectivity index (χ1n) is 8.59. The summed E-state index contributed by atoms with van der Waals surface area (Å²) in [6.45, 7) is 1.41. The van der Waals surface area contributed by atoms with Crippen molar-refractivity contribution in [3.05, 3.63) is 66.9 Å². The summed E-state index contributed by atoms with van der Waals surface area (Å²) in [6, 6.07) is 14.9. The van der Waals surface area contributed by atoms with Crippen LogP contribution >= 0.6 is 0 Å². The van der Waals surface area contributed by atoms with Crippen LogP contribution in [0.25, 0.3) is 11.1 Å². The number of alkyl halides is 3. The second kappa shape index (κ2) is 8.15. The number of hydrogen-bond acceptors (Lipinski definition) is 5. The van der Waals surface area contributed by atoms with E-state index in [2.05, 4.69) is 15.6 Å². The Bertz CT molecular complexity index is 1180. The fraction of sp³-hybridized carbons (Fsp3) is 0.100. The molecular weight excluding hydrogens is 419 g/mol. The first-order chi connectivity index (χ1) is 14.1. The van der Waals surface area contributed by atoms with E-state index < -0.39 is 20.2 Å². The van der Waals surface area contributed by atoms with E-state index in [9.17, 15) is 26.4 Å². The molecule has 6 nitrogen and oxygen atoms in total. The summed E-state index contributed by atoms with van der Waals surface area (Å²) < 4.78 is 61.3. The second-order valence-corrected chi connectivity index (χ2v) is 8.24. The number of anilines is 3. The largest absolute Gasteiger partial charge is 0.501 e. The van der Waals surface area contributed by atoms with Crippen LogP contribution in [0.5, 0.6) is 0 Å². The zero-order chi connectivity index (χ0) is 21.9. The molecule has 3 rings (SSSR count). The number of halogens is 3. The highest BCUT2D eigenvalue weighted by Crippen LogP contribution is 2.32. The number of carbonyl (C=O) groups excluding carboxylic acids is 1. The van der Waals surface area contributed by atoms with Gasteiger partial charge in [-0.15, -0.1) is 0 Å². The molecule has 0 aliphatic carbocycles. The van der Waals surface area contributed by atoms with Crippen molar-refractivity contribution in [3.63, 3.8) is 0 Å². The highest BCUT2D eigenvalue weighted by Gasteiger charge is 2.46. The summed E-state index contributed by atoms with van der Waals surface area (Å²) in [6.07, 6.45) is 1.55. The molecule has 30 heavy (non-hydrogen) atoms. The lowest BCUT2D eigenvalue weighted by molar-refractivity contribution is -0.114. The molecule has 0 saturated carbocycles. The van der Waals surface area contributed by atoms with Crippen LogP contribution in [0.2, 0.25) is 0 Å². The lowest BCUT2D eigenvalue weighted by atomic mass is 10.1. The molecule has 0 bridgehead atoms. The molecular formula is C20H16F3N3O3S. The van der Waals surface area contributed by atoms with Crippen LogP contribution in [-0.4, -0.2) is 24.8 Å². The molecule has 2 aromatic carbocycles. The average molecular weight is 435 g/mol. The third-order valence-electron chi connectivity index (χ3n) is 4.00. The van der Waals surface area contributed by atoms with E-state index in [1.54, 1.807) is 36.5 Å². The summed E-state index contributed by atoms with van der Waals surface area (Å²) in [4.78, 5) is 14.5. The molecule has 0 aliphatic rings. The third-order valence-corrected chi connectivity index (χ3v) is 5.49. The monoisotopic (exact) mass is 435 g/mol. The highest BCUT2D eigenvalue weighted by molar-refractivity contribution is 7.92. The van der Waals surface area contributed by atoms with E-state index >= 15 is 0 Å². The van der Waals surface area contributed by atoms with Crippen molar-refractivity contribution in [1.29, 1.82) is 0 Å². The van der Waals surface area contributed by atoms with Gasteiger partial charge < -0.3 is 10.6 Å². The predicted molar refractivity (Wildman–Crippen MR) is 107 cm³/mol. The van der Waals surface area contributed by atoms with Gasteiger partial charge in [-0.25, -0.2) is 13.4 Å². The minimum Gasteiger partial charge on any atom is -0.340 e. The zero-order valence-corrected chi connectivity index (χ0v) is 16.4. The van der Waals surface area contributed by atoms with E-state index in [1.165, 1.54) is 19.1 Å². The zero-order valence-electron chi connectivity index (χ0n) is 15.6.